The molecule has 1 aromatic rings. The summed E-state index contributed by atoms with van der Waals surface area (Å²) in [5, 5.41) is 10.6. The van der Waals surface area contributed by atoms with Gasteiger partial charge in [-0.15, -0.1) is 0 Å². The zero-order valence-electron chi connectivity index (χ0n) is 11.8. The highest BCUT2D eigenvalue weighted by Crippen LogP contribution is 2.38. The molecule has 10 heteroatoms. The van der Waals surface area contributed by atoms with Crippen molar-refractivity contribution in [3.05, 3.63) is 29.8 Å². The number of phenolic OH excluding ortho intramolecular Hbond substituents is 1. The molecule has 0 spiro atoms. The molecule has 0 saturated carbocycles. The zero-order valence-corrected chi connectivity index (χ0v) is 11.8. The number of nitrogens with one attached hydrogen (secondary N) is 1. The van der Waals surface area contributed by atoms with Crippen LogP contribution < -0.4 is 5.32 Å². The molecule has 0 aliphatic rings. The normalized spacial score (nSPS) is 13.0. The maximum absolute atomic E-state index is 13.1. The number of aromatic hydroxyl groups is 1. The lowest BCUT2D eigenvalue weighted by Crippen LogP contribution is -2.51. The van der Waals surface area contributed by atoms with Crippen molar-refractivity contribution in [2.45, 2.75) is 31.5 Å². The summed E-state index contributed by atoms with van der Waals surface area (Å²) in [4.78, 5) is 11.1. The van der Waals surface area contributed by atoms with Crippen LogP contribution in [0, 0.1) is 0 Å². The summed E-state index contributed by atoms with van der Waals surface area (Å²) in [5.41, 5.74) is 0.553. The molecule has 4 nitrogen and oxygen atoms in total. The van der Waals surface area contributed by atoms with Gasteiger partial charge in [-0.2, -0.15) is 26.3 Å². The summed E-state index contributed by atoms with van der Waals surface area (Å²) in [6.07, 6.45) is -10.6. The first-order chi connectivity index (χ1) is 10.3. The molecule has 130 valence electrons. The number of phenols is 1. The van der Waals surface area contributed by atoms with Crippen molar-refractivity contribution >= 4 is 5.91 Å². The molecule has 0 aliphatic carbocycles. The third kappa shape index (κ3) is 5.31. The van der Waals surface area contributed by atoms with Gasteiger partial charge in [-0.1, -0.05) is 12.1 Å². The number of hydrogen-bond donors (Lipinski definition) is 2. The molecule has 0 heterocycles. The Bertz CT molecular complexity index is 542. The number of halogens is 6. The number of carbonyl (C=O) groups excluding carboxylic acids is 1. The lowest BCUT2D eigenvalue weighted by Gasteiger charge is -2.26. The number of alkyl halides is 6. The van der Waals surface area contributed by atoms with Crippen LogP contribution in [0.3, 0.4) is 0 Å². The molecule has 0 saturated heterocycles. The number of benzene rings is 1. The first kappa shape index (κ1) is 19.1. The molecule has 1 rings (SSSR count). The SMILES string of the molecule is CC(F)(F)C(F)(F)OC(F)(F)C(=O)NCCc1ccc(O)cc1. The quantitative estimate of drug-likeness (QED) is 0.747. The largest absolute Gasteiger partial charge is 0.508 e. The van der Waals surface area contributed by atoms with Crippen molar-refractivity contribution in [2.75, 3.05) is 6.54 Å². The highest BCUT2D eigenvalue weighted by atomic mass is 19.3. The predicted octanol–water partition coefficient (Wildman–Crippen LogP) is 2.91. The van der Waals surface area contributed by atoms with Gasteiger partial charge in [0.2, 0.25) is 0 Å². The van der Waals surface area contributed by atoms with E-state index in [0.717, 1.165) is 0 Å². The van der Waals surface area contributed by atoms with Gasteiger partial charge >= 0.3 is 24.0 Å². The molecule has 0 radical (unpaired) electrons. The maximum atomic E-state index is 13.1. The first-order valence-electron chi connectivity index (χ1n) is 6.25. The molecule has 0 bridgehead atoms. The van der Waals surface area contributed by atoms with Crippen LogP contribution in [0.15, 0.2) is 24.3 Å². The molecule has 2 N–H and O–H groups in total. The number of hydrogen-bond acceptors (Lipinski definition) is 3. The standard InChI is InChI=1S/C13H13F6NO3/c1-11(14,15)13(18,19)23-12(16,17)10(22)20-7-6-8-2-4-9(21)5-3-8/h2-5,21H,6-7H2,1H3,(H,20,22). The van der Waals surface area contributed by atoms with Gasteiger partial charge in [0, 0.05) is 13.5 Å². The van der Waals surface area contributed by atoms with Gasteiger partial charge in [0.15, 0.2) is 0 Å². The van der Waals surface area contributed by atoms with Crippen LogP contribution in [0.5, 0.6) is 5.75 Å². The minimum absolute atomic E-state index is 0.0274. The maximum Gasteiger partial charge on any atom is 0.441 e. The Morgan fingerprint density at radius 3 is 2.13 bits per heavy atom. The second kappa shape index (κ2) is 6.65. The second-order valence-corrected chi connectivity index (χ2v) is 4.70. The van der Waals surface area contributed by atoms with Crippen LogP contribution >= 0.6 is 0 Å². The van der Waals surface area contributed by atoms with E-state index in [1.165, 1.54) is 24.3 Å². The van der Waals surface area contributed by atoms with Gasteiger partial charge in [0.1, 0.15) is 5.75 Å². The lowest BCUT2D eigenvalue weighted by molar-refractivity contribution is -0.413. The molecule has 0 fully saturated rings. The Hall–Kier alpha value is -1.97. The third-order valence-corrected chi connectivity index (χ3v) is 2.67. The van der Waals surface area contributed by atoms with Gasteiger partial charge in [-0.05, 0) is 24.1 Å². The Labute approximate surface area is 127 Å². The van der Waals surface area contributed by atoms with Crippen molar-refractivity contribution in [1.29, 1.82) is 0 Å². The van der Waals surface area contributed by atoms with E-state index in [9.17, 15) is 31.1 Å². The van der Waals surface area contributed by atoms with Crippen LogP contribution in [0.4, 0.5) is 26.3 Å². The summed E-state index contributed by atoms with van der Waals surface area (Å²) < 4.78 is 79.4. The van der Waals surface area contributed by atoms with Crippen LogP contribution in [-0.4, -0.2) is 35.7 Å². The molecule has 0 aromatic heterocycles. The van der Waals surface area contributed by atoms with Crippen LogP contribution in [-0.2, 0) is 16.0 Å². The van der Waals surface area contributed by atoms with Crippen molar-refractivity contribution in [2.24, 2.45) is 0 Å². The van der Waals surface area contributed by atoms with Gasteiger partial charge in [0.05, 0.1) is 0 Å². The van der Waals surface area contributed by atoms with E-state index < -0.39 is 24.0 Å². The van der Waals surface area contributed by atoms with Crippen molar-refractivity contribution in [1.82, 2.24) is 5.32 Å². The lowest BCUT2D eigenvalue weighted by atomic mass is 10.1. The summed E-state index contributed by atoms with van der Waals surface area (Å²) in [6, 6.07) is 5.53. The number of amides is 1. The Balaban J connectivity index is 2.57. The van der Waals surface area contributed by atoms with E-state index in [1.54, 1.807) is 5.32 Å². The molecule has 1 aromatic carbocycles. The molecule has 0 aliphatic heterocycles. The highest BCUT2D eigenvalue weighted by Gasteiger charge is 2.61. The van der Waals surface area contributed by atoms with E-state index in [4.69, 9.17) is 5.11 Å². The Kier molecular flexibility index (Phi) is 5.51. The van der Waals surface area contributed by atoms with Gasteiger partial charge in [-0.3, -0.25) is 4.79 Å². The molecule has 23 heavy (non-hydrogen) atoms. The van der Waals surface area contributed by atoms with E-state index >= 15 is 0 Å². The van der Waals surface area contributed by atoms with E-state index in [0.29, 0.717) is 5.56 Å². The van der Waals surface area contributed by atoms with Crippen molar-refractivity contribution in [3.63, 3.8) is 0 Å². The van der Waals surface area contributed by atoms with Crippen LogP contribution in [0.1, 0.15) is 12.5 Å². The van der Waals surface area contributed by atoms with Gasteiger partial charge < -0.3 is 10.4 Å². The number of carbonyl (C=O) groups is 1. The fourth-order valence-electron chi connectivity index (χ4n) is 1.38. The second-order valence-electron chi connectivity index (χ2n) is 4.70. The average molecular weight is 345 g/mol. The van der Waals surface area contributed by atoms with Crippen LogP contribution in [0.25, 0.3) is 0 Å². The van der Waals surface area contributed by atoms with E-state index in [1.807, 2.05) is 0 Å². The summed E-state index contributed by atoms with van der Waals surface area (Å²) in [5.74, 6) is -7.18. The minimum Gasteiger partial charge on any atom is -0.508 e. The summed E-state index contributed by atoms with van der Waals surface area (Å²) in [7, 11) is 0. The van der Waals surface area contributed by atoms with Crippen LogP contribution in [0.2, 0.25) is 0 Å². The fraction of sp³-hybridized carbons (Fsp3) is 0.462. The number of rotatable bonds is 7. The highest BCUT2D eigenvalue weighted by molar-refractivity contribution is 5.81. The minimum atomic E-state index is -5.51. The average Bonchev–Trinajstić information content (AvgIpc) is 2.38. The molecule has 1 amide bonds. The van der Waals surface area contributed by atoms with Gasteiger partial charge in [0.25, 0.3) is 0 Å². The van der Waals surface area contributed by atoms with Crippen molar-refractivity contribution in [3.8, 4) is 5.75 Å². The fourth-order valence-corrected chi connectivity index (χ4v) is 1.38. The third-order valence-electron chi connectivity index (χ3n) is 2.67. The molecule has 0 atom stereocenters. The first-order valence-corrected chi connectivity index (χ1v) is 6.25. The zero-order chi connectivity index (χ0) is 17.9. The number of ether oxygens (including phenoxy) is 1. The summed E-state index contributed by atoms with van der Waals surface area (Å²) >= 11 is 0. The van der Waals surface area contributed by atoms with E-state index in [2.05, 4.69) is 4.74 Å². The monoisotopic (exact) mass is 345 g/mol. The molecular formula is C13H13F6NO3. The topological polar surface area (TPSA) is 58.6 Å². The Morgan fingerprint density at radius 2 is 1.65 bits per heavy atom. The van der Waals surface area contributed by atoms with E-state index in [-0.39, 0.29) is 25.6 Å². The van der Waals surface area contributed by atoms with Crippen molar-refractivity contribution < 1.29 is 41.0 Å². The van der Waals surface area contributed by atoms with Gasteiger partial charge in [-0.25, -0.2) is 4.74 Å². The molecule has 0 unspecified atom stereocenters. The molecular weight excluding hydrogens is 332 g/mol. The Morgan fingerprint density at radius 1 is 1.13 bits per heavy atom. The predicted molar refractivity (Wildman–Crippen MR) is 66.4 cm³/mol. The smallest absolute Gasteiger partial charge is 0.441 e. The summed E-state index contributed by atoms with van der Waals surface area (Å²) in [6.45, 7) is -0.692.